The second-order valence-electron chi connectivity index (χ2n) is 6.16. The predicted octanol–water partition coefficient (Wildman–Crippen LogP) is 3.13. The number of nitrogens with two attached hydrogens (primary N) is 1. The zero-order valence-corrected chi connectivity index (χ0v) is 13.0. The third-order valence-electron chi connectivity index (χ3n) is 4.80. The van der Waals surface area contributed by atoms with Crippen LogP contribution in [0.3, 0.4) is 0 Å². The van der Waals surface area contributed by atoms with E-state index in [1.807, 2.05) is 12.1 Å². The Kier molecular flexibility index (Phi) is 4.40. The monoisotopic (exact) mass is 277 g/mol. The van der Waals surface area contributed by atoms with Gasteiger partial charge in [0.1, 0.15) is 5.75 Å². The Labute approximate surface area is 122 Å². The normalized spacial score (nSPS) is 24.7. The largest absolute Gasteiger partial charge is 0.508 e. The molecule has 1 aliphatic carbocycles. The molecule has 2 rings (SSSR count). The highest BCUT2D eigenvalue weighted by Crippen LogP contribution is 2.44. The Morgan fingerprint density at radius 1 is 1.35 bits per heavy atom. The van der Waals surface area contributed by atoms with Crippen LogP contribution < -0.4 is 5.73 Å². The van der Waals surface area contributed by atoms with Crippen LogP contribution in [0, 0.1) is 0 Å². The number of rotatable bonds is 4. The van der Waals surface area contributed by atoms with Crippen molar-refractivity contribution in [2.75, 3.05) is 0 Å². The molecule has 0 spiro atoms. The molecule has 1 aromatic carbocycles. The lowest BCUT2D eigenvalue weighted by Gasteiger charge is -2.47. The average Bonchev–Trinajstić information content (AvgIpc) is 2.41. The number of aromatic hydroxyl groups is 1. The minimum Gasteiger partial charge on any atom is -0.508 e. The molecule has 0 aromatic heterocycles. The van der Waals surface area contributed by atoms with Crippen LogP contribution in [0.25, 0.3) is 0 Å². The van der Waals surface area contributed by atoms with Crippen molar-refractivity contribution in [1.82, 2.24) is 0 Å². The van der Waals surface area contributed by atoms with Gasteiger partial charge < -0.3 is 15.6 Å². The van der Waals surface area contributed by atoms with Crippen LogP contribution in [0.5, 0.6) is 5.75 Å². The summed E-state index contributed by atoms with van der Waals surface area (Å²) in [4.78, 5) is 0. The van der Waals surface area contributed by atoms with Gasteiger partial charge >= 0.3 is 0 Å². The molecule has 1 aliphatic rings. The summed E-state index contributed by atoms with van der Waals surface area (Å²) in [6, 6.07) is 5.65. The second kappa shape index (κ2) is 5.74. The predicted molar refractivity (Wildman–Crippen MR) is 82.1 cm³/mol. The van der Waals surface area contributed by atoms with Crippen LogP contribution in [-0.2, 0) is 16.6 Å². The molecule has 2 atom stereocenters. The molecule has 3 heteroatoms. The van der Waals surface area contributed by atoms with E-state index in [1.54, 1.807) is 6.07 Å². The SMILES string of the molecule is CCC1(CC)c2cc(O)ccc2C[C@@H](OC(C)C)[C@@H]1N. The van der Waals surface area contributed by atoms with Gasteiger partial charge in [-0.15, -0.1) is 0 Å². The van der Waals surface area contributed by atoms with E-state index < -0.39 is 0 Å². The Hall–Kier alpha value is -1.06. The van der Waals surface area contributed by atoms with Crippen LogP contribution in [0.15, 0.2) is 18.2 Å². The quantitative estimate of drug-likeness (QED) is 0.889. The van der Waals surface area contributed by atoms with Crippen molar-refractivity contribution in [3.05, 3.63) is 29.3 Å². The molecule has 20 heavy (non-hydrogen) atoms. The van der Waals surface area contributed by atoms with Crippen molar-refractivity contribution in [3.63, 3.8) is 0 Å². The molecule has 0 saturated carbocycles. The summed E-state index contributed by atoms with van der Waals surface area (Å²) in [5, 5.41) is 9.84. The molecular formula is C17H27NO2. The summed E-state index contributed by atoms with van der Waals surface area (Å²) in [7, 11) is 0. The maximum absolute atomic E-state index is 9.84. The van der Waals surface area contributed by atoms with Gasteiger partial charge in [0.15, 0.2) is 0 Å². The van der Waals surface area contributed by atoms with E-state index in [4.69, 9.17) is 10.5 Å². The molecule has 0 aliphatic heterocycles. The molecule has 3 nitrogen and oxygen atoms in total. The van der Waals surface area contributed by atoms with Crippen LogP contribution >= 0.6 is 0 Å². The number of hydrogen-bond acceptors (Lipinski definition) is 3. The van der Waals surface area contributed by atoms with Gasteiger partial charge in [0, 0.05) is 17.9 Å². The first-order valence-corrected chi connectivity index (χ1v) is 7.68. The molecule has 0 amide bonds. The first-order chi connectivity index (χ1) is 9.44. The van der Waals surface area contributed by atoms with E-state index in [0.717, 1.165) is 19.3 Å². The summed E-state index contributed by atoms with van der Waals surface area (Å²) in [6.07, 6.45) is 2.97. The topological polar surface area (TPSA) is 55.5 Å². The van der Waals surface area contributed by atoms with E-state index in [-0.39, 0.29) is 23.7 Å². The van der Waals surface area contributed by atoms with Crippen LogP contribution in [0.1, 0.15) is 51.7 Å². The molecule has 0 saturated heterocycles. The Balaban J connectivity index is 2.50. The number of phenols is 1. The van der Waals surface area contributed by atoms with E-state index in [0.29, 0.717) is 5.75 Å². The number of ether oxygens (including phenoxy) is 1. The Morgan fingerprint density at radius 2 is 2.00 bits per heavy atom. The third-order valence-corrected chi connectivity index (χ3v) is 4.80. The van der Waals surface area contributed by atoms with Crippen molar-refractivity contribution >= 4 is 0 Å². The highest BCUT2D eigenvalue weighted by Gasteiger charge is 2.45. The van der Waals surface area contributed by atoms with E-state index in [9.17, 15) is 5.11 Å². The molecule has 0 fully saturated rings. The third kappa shape index (κ3) is 2.45. The summed E-state index contributed by atoms with van der Waals surface area (Å²) >= 11 is 0. The number of hydrogen-bond donors (Lipinski definition) is 2. The van der Waals surface area contributed by atoms with Gasteiger partial charge in [-0.05, 0) is 49.9 Å². The van der Waals surface area contributed by atoms with Gasteiger partial charge in [0.05, 0.1) is 12.2 Å². The zero-order valence-electron chi connectivity index (χ0n) is 13.0. The van der Waals surface area contributed by atoms with Crippen LogP contribution in [-0.4, -0.2) is 23.4 Å². The maximum atomic E-state index is 9.84. The van der Waals surface area contributed by atoms with Crippen LogP contribution in [0.4, 0.5) is 0 Å². The standard InChI is InChI=1S/C17H27NO2/c1-5-17(6-2)14-10-13(19)8-7-12(14)9-15(16(17)18)20-11(3)4/h7-8,10-11,15-16,19H,5-6,9,18H2,1-4H3/t15-,16+/m1/s1. The van der Waals surface area contributed by atoms with Gasteiger partial charge in [-0.2, -0.15) is 0 Å². The summed E-state index contributed by atoms with van der Waals surface area (Å²) in [6.45, 7) is 8.46. The molecule has 112 valence electrons. The maximum Gasteiger partial charge on any atom is 0.115 e. The molecular weight excluding hydrogens is 250 g/mol. The highest BCUT2D eigenvalue weighted by molar-refractivity contribution is 5.44. The summed E-state index contributed by atoms with van der Waals surface area (Å²) < 4.78 is 6.06. The highest BCUT2D eigenvalue weighted by atomic mass is 16.5. The van der Waals surface area contributed by atoms with Crippen molar-refractivity contribution in [2.45, 2.75) is 70.6 Å². The van der Waals surface area contributed by atoms with E-state index >= 15 is 0 Å². The first kappa shape index (κ1) is 15.3. The van der Waals surface area contributed by atoms with Gasteiger partial charge in [0.25, 0.3) is 0 Å². The van der Waals surface area contributed by atoms with Crippen molar-refractivity contribution < 1.29 is 9.84 Å². The molecule has 0 heterocycles. The minimum absolute atomic E-state index is 0.0331. The second-order valence-corrected chi connectivity index (χ2v) is 6.16. The van der Waals surface area contributed by atoms with Gasteiger partial charge in [0.2, 0.25) is 0 Å². The first-order valence-electron chi connectivity index (χ1n) is 7.68. The molecule has 0 bridgehead atoms. The minimum atomic E-state index is -0.105. The molecule has 0 unspecified atom stereocenters. The zero-order chi connectivity index (χ0) is 14.9. The molecule has 0 radical (unpaired) electrons. The fraction of sp³-hybridized carbons (Fsp3) is 0.647. The Morgan fingerprint density at radius 3 is 2.55 bits per heavy atom. The number of benzene rings is 1. The lowest BCUT2D eigenvalue weighted by Crippen LogP contribution is -2.57. The van der Waals surface area contributed by atoms with Crippen molar-refractivity contribution in [2.24, 2.45) is 5.73 Å². The van der Waals surface area contributed by atoms with Crippen molar-refractivity contribution in [1.29, 1.82) is 0 Å². The van der Waals surface area contributed by atoms with E-state index in [1.165, 1.54) is 11.1 Å². The van der Waals surface area contributed by atoms with Gasteiger partial charge in [-0.3, -0.25) is 0 Å². The summed E-state index contributed by atoms with van der Waals surface area (Å²) in [5.41, 5.74) is 8.95. The smallest absolute Gasteiger partial charge is 0.115 e. The fourth-order valence-corrected chi connectivity index (χ4v) is 3.67. The van der Waals surface area contributed by atoms with Gasteiger partial charge in [-0.1, -0.05) is 19.9 Å². The van der Waals surface area contributed by atoms with E-state index in [2.05, 4.69) is 27.7 Å². The lowest BCUT2D eigenvalue weighted by molar-refractivity contribution is -0.0299. The fourth-order valence-electron chi connectivity index (χ4n) is 3.67. The molecule has 3 N–H and O–H groups in total. The number of fused-ring (bicyclic) bond motifs is 1. The van der Waals surface area contributed by atoms with Gasteiger partial charge in [-0.25, -0.2) is 0 Å². The van der Waals surface area contributed by atoms with Crippen LogP contribution in [0.2, 0.25) is 0 Å². The Bertz CT molecular complexity index is 466. The van der Waals surface area contributed by atoms with Crippen molar-refractivity contribution in [3.8, 4) is 5.75 Å². The average molecular weight is 277 g/mol. The lowest BCUT2D eigenvalue weighted by atomic mass is 9.63. The number of phenolic OH excluding ortho intramolecular Hbond substituents is 1. The molecule has 1 aromatic rings. The summed E-state index contributed by atoms with van der Waals surface area (Å²) in [5.74, 6) is 0.324.